The van der Waals surface area contributed by atoms with Crippen LogP contribution in [0.1, 0.15) is 62.3 Å². The Balaban J connectivity index is 1.31. The Hall–Kier alpha value is -4.10. The maximum absolute atomic E-state index is 14.1. The van der Waals surface area contributed by atoms with Gasteiger partial charge >= 0.3 is 5.97 Å². The van der Waals surface area contributed by atoms with E-state index in [1.54, 1.807) is 12.1 Å². The number of piperidine rings is 1. The lowest BCUT2D eigenvalue weighted by Gasteiger charge is -2.65. The van der Waals surface area contributed by atoms with Crippen molar-refractivity contribution < 1.29 is 24.2 Å². The Morgan fingerprint density at radius 2 is 1.80 bits per heavy atom. The Kier molecular flexibility index (Phi) is 7.92. The lowest BCUT2D eigenvalue weighted by atomic mass is 9.48. The molecule has 2 aliphatic carbocycles. The van der Waals surface area contributed by atoms with Gasteiger partial charge < -0.3 is 19.5 Å². The van der Waals surface area contributed by atoms with E-state index < -0.39 is 17.1 Å². The van der Waals surface area contributed by atoms with Crippen LogP contribution in [-0.4, -0.2) is 70.2 Å². The van der Waals surface area contributed by atoms with Crippen molar-refractivity contribution in [3.63, 3.8) is 0 Å². The summed E-state index contributed by atoms with van der Waals surface area (Å²) in [4.78, 5) is 31.6. The van der Waals surface area contributed by atoms with Gasteiger partial charge in [0.2, 0.25) is 5.91 Å². The predicted octanol–water partition coefficient (Wildman–Crippen LogP) is 5.93. The smallest absolute Gasteiger partial charge is 0.303 e. The molecule has 7 nitrogen and oxygen atoms in total. The third kappa shape index (κ3) is 4.91. The molecule has 3 aromatic rings. The second-order valence-corrected chi connectivity index (χ2v) is 13.9. The van der Waals surface area contributed by atoms with E-state index in [9.17, 15) is 14.7 Å². The van der Waals surface area contributed by atoms with Crippen molar-refractivity contribution in [2.75, 3.05) is 19.6 Å². The molecule has 3 aromatic carbocycles. The summed E-state index contributed by atoms with van der Waals surface area (Å²) in [6, 6.07) is 23.8. The topological polar surface area (TPSA) is 79.3 Å². The first-order chi connectivity index (χ1) is 22.2. The van der Waals surface area contributed by atoms with Crippen LogP contribution in [0.5, 0.6) is 11.5 Å². The van der Waals surface area contributed by atoms with Gasteiger partial charge in [0.1, 0.15) is 11.7 Å². The van der Waals surface area contributed by atoms with Crippen molar-refractivity contribution in [3.05, 3.63) is 101 Å². The standard InChI is InChI=1S/C39H44N2O5/c1-26(2)25-41(34(44)17-14-28-10-6-4-7-11-28)31-18-20-39(46-27(3)42)33-24-30-15-16-32(43)36-35(30)38(39,37(31)45-36)21-23-40(33)22-19-29-12-8-5-9-13-29/h4-17,26,31,33,37,43H,18-25H2,1-3H3/t31-,33-,37+,38+,39-/m1/s1. The van der Waals surface area contributed by atoms with Crippen LogP contribution in [0.15, 0.2) is 78.9 Å². The van der Waals surface area contributed by atoms with Crippen LogP contribution < -0.4 is 4.74 Å². The summed E-state index contributed by atoms with van der Waals surface area (Å²) in [5.41, 5.74) is 2.85. The average molecular weight is 621 g/mol. The van der Waals surface area contributed by atoms with Crippen molar-refractivity contribution in [1.82, 2.24) is 9.80 Å². The van der Waals surface area contributed by atoms with E-state index in [0.717, 1.165) is 36.2 Å². The maximum atomic E-state index is 14.1. The normalized spacial score (nSPS) is 27.7. The molecule has 1 saturated carbocycles. The zero-order chi connectivity index (χ0) is 32.1. The van der Waals surface area contributed by atoms with Gasteiger partial charge in [0.05, 0.1) is 17.5 Å². The van der Waals surface area contributed by atoms with Crippen molar-refractivity contribution in [2.24, 2.45) is 5.92 Å². The first kappa shape index (κ1) is 30.5. The number of esters is 1. The van der Waals surface area contributed by atoms with E-state index in [4.69, 9.17) is 9.47 Å². The maximum Gasteiger partial charge on any atom is 0.303 e. The monoisotopic (exact) mass is 620 g/mol. The van der Waals surface area contributed by atoms with Crippen LogP contribution in [-0.2, 0) is 32.6 Å². The molecular formula is C39H44N2O5. The summed E-state index contributed by atoms with van der Waals surface area (Å²) in [6.45, 7) is 8.00. The Bertz CT molecular complexity index is 1640. The number of benzene rings is 3. The molecule has 2 aliphatic heterocycles. The number of carbonyl (C=O) groups excluding carboxylic acids is 2. The Labute approximate surface area is 271 Å². The van der Waals surface area contributed by atoms with Crippen LogP contribution in [0.4, 0.5) is 0 Å². The van der Waals surface area contributed by atoms with Gasteiger partial charge in [-0.3, -0.25) is 14.5 Å². The van der Waals surface area contributed by atoms with E-state index in [0.29, 0.717) is 38.0 Å². The summed E-state index contributed by atoms with van der Waals surface area (Å²) in [7, 11) is 0. The van der Waals surface area contributed by atoms with E-state index in [-0.39, 0.29) is 35.6 Å². The van der Waals surface area contributed by atoms with E-state index >= 15 is 0 Å². The van der Waals surface area contributed by atoms with Crippen LogP contribution in [0, 0.1) is 5.92 Å². The van der Waals surface area contributed by atoms with Crippen molar-refractivity contribution in [2.45, 2.75) is 82.1 Å². The zero-order valence-corrected chi connectivity index (χ0v) is 27.0. The molecule has 1 spiro atoms. The second kappa shape index (κ2) is 11.9. The minimum Gasteiger partial charge on any atom is -0.504 e. The summed E-state index contributed by atoms with van der Waals surface area (Å²) in [5.74, 6) is 0.478. The molecule has 7 heteroatoms. The fourth-order valence-corrected chi connectivity index (χ4v) is 9.15. The van der Waals surface area contributed by atoms with Crippen LogP contribution in [0.25, 0.3) is 6.08 Å². The van der Waals surface area contributed by atoms with Crippen molar-refractivity contribution >= 4 is 18.0 Å². The molecule has 7 rings (SSSR count). The predicted molar refractivity (Wildman–Crippen MR) is 178 cm³/mol. The van der Waals surface area contributed by atoms with Gasteiger partial charge in [-0.25, -0.2) is 0 Å². The number of phenols is 1. The number of likely N-dealkylation sites (tertiary alicyclic amines) is 1. The lowest BCUT2D eigenvalue weighted by Crippen LogP contribution is -2.79. The lowest BCUT2D eigenvalue weighted by molar-refractivity contribution is -0.224. The van der Waals surface area contributed by atoms with E-state index in [2.05, 4.69) is 43.0 Å². The minimum absolute atomic E-state index is 0.0452. The minimum atomic E-state index is -0.840. The fourth-order valence-electron chi connectivity index (χ4n) is 9.15. The highest BCUT2D eigenvalue weighted by atomic mass is 16.6. The van der Waals surface area contributed by atoms with E-state index in [1.807, 2.05) is 53.4 Å². The third-order valence-electron chi connectivity index (χ3n) is 10.8. The molecule has 4 aliphatic rings. The quantitative estimate of drug-likeness (QED) is 0.236. The van der Waals surface area contributed by atoms with Crippen molar-refractivity contribution in [1.29, 1.82) is 0 Å². The van der Waals surface area contributed by atoms with Crippen LogP contribution in [0.2, 0.25) is 0 Å². The SMILES string of the molecule is CC(=O)O[C@@]12CC[C@@H](N(CC(C)C)C(=O)C=Cc3ccccc3)[C@@H]3Oc4c(O)ccc5c4[C@@]31CCN(CCc1ccccc1)[C@@H]2C5. The van der Waals surface area contributed by atoms with Crippen LogP contribution in [0.3, 0.4) is 0 Å². The molecule has 1 saturated heterocycles. The van der Waals surface area contributed by atoms with Gasteiger partial charge in [-0.1, -0.05) is 80.6 Å². The highest BCUT2D eigenvalue weighted by Gasteiger charge is 2.75. The molecule has 1 N–H and O–H groups in total. The summed E-state index contributed by atoms with van der Waals surface area (Å²) >= 11 is 0. The number of aromatic hydroxyl groups is 1. The summed E-state index contributed by atoms with van der Waals surface area (Å²) in [5, 5.41) is 11.2. The number of hydrogen-bond acceptors (Lipinski definition) is 6. The first-order valence-corrected chi connectivity index (χ1v) is 16.8. The highest BCUT2D eigenvalue weighted by Crippen LogP contribution is 2.67. The number of nitrogens with zero attached hydrogens (tertiary/aromatic N) is 2. The molecule has 2 bridgehead atoms. The number of ether oxygens (including phenoxy) is 2. The molecule has 240 valence electrons. The zero-order valence-electron chi connectivity index (χ0n) is 27.0. The number of hydrogen-bond donors (Lipinski definition) is 1. The molecule has 5 atom stereocenters. The summed E-state index contributed by atoms with van der Waals surface area (Å²) in [6.07, 6.45) is 6.64. The Morgan fingerprint density at radius 1 is 1.07 bits per heavy atom. The largest absolute Gasteiger partial charge is 0.504 e. The molecule has 2 fully saturated rings. The molecule has 1 amide bonds. The molecule has 0 unspecified atom stereocenters. The number of phenolic OH excluding ortho intramolecular Hbond substituents is 1. The number of rotatable bonds is 9. The van der Waals surface area contributed by atoms with Gasteiger partial charge in [-0.2, -0.15) is 0 Å². The van der Waals surface area contributed by atoms with Gasteiger partial charge in [-0.15, -0.1) is 0 Å². The van der Waals surface area contributed by atoms with Crippen LogP contribution >= 0.6 is 0 Å². The first-order valence-electron chi connectivity index (χ1n) is 16.8. The molecule has 46 heavy (non-hydrogen) atoms. The third-order valence-corrected chi connectivity index (χ3v) is 10.8. The number of amides is 1. The molecule has 2 heterocycles. The van der Waals surface area contributed by atoms with Gasteiger partial charge in [-0.05, 0) is 73.4 Å². The fraction of sp³-hybridized carbons (Fsp3) is 0.436. The van der Waals surface area contributed by atoms with Gasteiger partial charge in [0.25, 0.3) is 0 Å². The molecule has 0 aromatic heterocycles. The molecular weight excluding hydrogens is 576 g/mol. The van der Waals surface area contributed by atoms with Gasteiger partial charge in [0, 0.05) is 31.7 Å². The van der Waals surface area contributed by atoms with Crippen molar-refractivity contribution in [3.8, 4) is 11.5 Å². The second-order valence-electron chi connectivity index (χ2n) is 13.9. The number of carbonyl (C=O) groups is 2. The molecule has 0 radical (unpaired) electrons. The summed E-state index contributed by atoms with van der Waals surface area (Å²) < 4.78 is 13.5. The van der Waals surface area contributed by atoms with E-state index in [1.165, 1.54) is 12.5 Å². The highest BCUT2D eigenvalue weighted by molar-refractivity contribution is 5.92. The Morgan fingerprint density at radius 3 is 2.52 bits per heavy atom. The average Bonchev–Trinajstić information content (AvgIpc) is 3.40. The van der Waals surface area contributed by atoms with Gasteiger partial charge in [0.15, 0.2) is 11.5 Å².